The van der Waals surface area contributed by atoms with Crippen LogP contribution in [0.25, 0.3) is 11.0 Å². The third-order valence-electron chi connectivity index (χ3n) is 2.40. The molecule has 4 N–H and O–H groups in total. The number of furan rings is 1. The molecule has 0 fully saturated rings. The molecule has 0 aliphatic carbocycles. The summed E-state index contributed by atoms with van der Waals surface area (Å²) >= 11 is 0. The van der Waals surface area contributed by atoms with Crippen molar-refractivity contribution < 1.29 is 8.81 Å². The first-order valence-corrected chi connectivity index (χ1v) is 4.81. The highest BCUT2D eigenvalue weighted by molar-refractivity contribution is 14.0. The van der Waals surface area contributed by atoms with Gasteiger partial charge in [0, 0.05) is 10.9 Å². The number of nitrogens with two attached hydrogens (primary N) is 2. The number of halogens is 2. The number of aliphatic imine (C=N–C) groups is 1. The summed E-state index contributed by atoms with van der Waals surface area (Å²) in [5.74, 6) is 0.366. The first kappa shape index (κ1) is 13.8. The number of benzene rings is 1. The third kappa shape index (κ3) is 2.87. The number of hydrogen-bond donors (Lipinski definition) is 2. The lowest BCUT2D eigenvalue weighted by molar-refractivity contribution is 0.548. The molecule has 0 saturated heterocycles. The van der Waals surface area contributed by atoms with Gasteiger partial charge in [-0.15, -0.1) is 24.0 Å². The Morgan fingerprint density at radius 1 is 1.41 bits per heavy atom. The Balaban J connectivity index is 0.00000144. The zero-order valence-electron chi connectivity index (χ0n) is 9.24. The Labute approximate surface area is 115 Å². The minimum Gasteiger partial charge on any atom is -0.459 e. The zero-order chi connectivity index (χ0) is 11.7. The summed E-state index contributed by atoms with van der Waals surface area (Å²) in [5.41, 5.74) is 12.0. The molecule has 0 aliphatic heterocycles. The Bertz CT molecular complexity index is 561. The van der Waals surface area contributed by atoms with Crippen molar-refractivity contribution in [1.29, 1.82) is 0 Å². The molecule has 4 nitrogen and oxygen atoms in total. The first-order chi connectivity index (χ1) is 7.58. The van der Waals surface area contributed by atoms with Gasteiger partial charge in [-0.1, -0.05) is 0 Å². The van der Waals surface area contributed by atoms with Crippen LogP contribution < -0.4 is 11.5 Å². The van der Waals surface area contributed by atoms with E-state index in [0.717, 1.165) is 10.9 Å². The molecule has 6 heteroatoms. The van der Waals surface area contributed by atoms with Crippen LogP contribution in [-0.4, -0.2) is 5.96 Å². The van der Waals surface area contributed by atoms with Crippen LogP contribution in [0.3, 0.4) is 0 Å². The normalized spacial score (nSPS) is 10.0. The van der Waals surface area contributed by atoms with E-state index in [0.29, 0.717) is 11.3 Å². The van der Waals surface area contributed by atoms with E-state index in [4.69, 9.17) is 15.9 Å². The summed E-state index contributed by atoms with van der Waals surface area (Å²) < 4.78 is 18.6. The molecule has 1 aromatic carbocycles. The molecule has 17 heavy (non-hydrogen) atoms. The van der Waals surface area contributed by atoms with Gasteiger partial charge in [0.1, 0.15) is 23.7 Å². The fraction of sp³-hybridized carbons (Fsp3) is 0.182. The molecule has 1 heterocycles. The van der Waals surface area contributed by atoms with E-state index in [1.807, 2.05) is 6.92 Å². The van der Waals surface area contributed by atoms with Gasteiger partial charge in [-0.25, -0.2) is 9.38 Å². The van der Waals surface area contributed by atoms with E-state index in [1.165, 1.54) is 12.1 Å². The van der Waals surface area contributed by atoms with Crippen LogP contribution in [0.2, 0.25) is 0 Å². The second-order valence-electron chi connectivity index (χ2n) is 3.53. The average Bonchev–Trinajstić information content (AvgIpc) is 2.53. The van der Waals surface area contributed by atoms with Crippen LogP contribution in [0, 0.1) is 12.7 Å². The molecule has 92 valence electrons. The summed E-state index contributed by atoms with van der Waals surface area (Å²) in [4.78, 5) is 3.86. The Morgan fingerprint density at radius 3 is 2.76 bits per heavy atom. The van der Waals surface area contributed by atoms with Gasteiger partial charge in [0.05, 0.1) is 0 Å². The molecule has 0 aliphatic rings. The van der Waals surface area contributed by atoms with Crippen molar-refractivity contribution in [2.24, 2.45) is 16.5 Å². The van der Waals surface area contributed by atoms with E-state index in [9.17, 15) is 4.39 Å². The molecule has 0 spiro atoms. The molecule has 1 aromatic heterocycles. The molecule has 0 amide bonds. The number of aryl methyl sites for hydroxylation is 1. The Morgan fingerprint density at radius 2 is 2.12 bits per heavy atom. The molecular formula is C11H13FIN3O. The van der Waals surface area contributed by atoms with Crippen molar-refractivity contribution in [2.45, 2.75) is 13.5 Å². The van der Waals surface area contributed by atoms with Crippen LogP contribution in [0.5, 0.6) is 0 Å². The van der Waals surface area contributed by atoms with Crippen LogP contribution >= 0.6 is 24.0 Å². The lowest BCUT2D eigenvalue weighted by Gasteiger charge is -1.93. The average molecular weight is 349 g/mol. The fourth-order valence-electron chi connectivity index (χ4n) is 1.56. The van der Waals surface area contributed by atoms with Gasteiger partial charge in [-0.2, -0.15) is 0 Å². The molecule has 0 radical (unpaired) electrons. The van der Waals surface area contributed by atoms with Gasteiger partial charge in [0.2, 0.25) is 0 Å². The lowest BCUT2D eigenvalue weighted by atomic mass is 10.1. The van der Waals surface area contributed by atoms with Crippen molar-refractivity contribution >= 4 is 40.9 Å². The summed E-state index contributed by atoms with van der Waals surface area (Å²) in [7, 11) is 0. The predicted octanol–water partition coefficient (Wildman–Crippen LogP) is 2.27. The van der Waals surface area contributed by atoms with Crippen molar-refractivity contribution in [2.75, 3.05) is 0 Å². The molecule has 0 atom stereocenters. The van der Waals surface area contributed by atoms with Crippen molar-refractivity contribution in [1.82, 2.24) is 0 Å². The second-order valence-corrected chi connectivity index (χ2v) is 3.53. The topological polar surface area (TPSA) is 77.5 Å². The van der Waals surface area contributed by atoms with E-state index >= 15 is 0 Å². The van der Waals surface area contributed by atoms with Gasteiger partial charge in [-0.3, -0.25) is 0 Å². The third-order valence-corrected chi connectivity index (χ3v) is 2.40. The number of hydrogen-bond acceptors (Lipinski definition) is 2. The van der Waals surface area contributed by atoms with E-state index < -0.39 is 0 Å². The molecule has 0 unspecified atom stereocenters. The summed E-state index contributed by atoms with van der Waals surface area (Å²) in [6, 6.07) is 4.39. The molecule has 2 aromatic rings. The molecule has 2 rings (SSSR count). The number of fused-ring (bicyclic) bond motifs is 1. The zero-order valence-corrected chi connectivity index (χ0v) is 11.6. The highest BCUT2D eigenvalue weighted by atomic mass is 127. The summed E-state index contributed by atoms with van der Waals surface area (Å²) in [5, 5.41) is 0.751. The van der Waals surface area contributed by atoms with Crippen molar-refractivity contribution in [3.05, 3.63) is 35.3 Å². The van der Waals surface area contributed by atoms with Gasteiger partial charge in [-0.05, 0) is 25.1 Å². The Kier molecular flexibility index (Phi) is 4.33. The standard InChI is InChI=1S/C11H12FN3O.HI/c1-6-8-4-7(12)2-3-9(8)16-10(6)5-15-11(13)14;/h2-4H,5H2,1H3,(H4,13,14,15);1H. The number of guanidine groups is 1. The lowest BCUT2D eigenvalue weighted by Crippen LogP contribution is -2.22. The minimum atomic E-state index is -0.287. The first-order valence-electron chi connectivity index (χ1n) is 4.81. The summed E-state index contributed by atoms with van der Waals surface area (Å²) in [6.45, 7) is 2.12. The van der Waals surface area contributed by atoms with E-state index in [-0.39, 0.29) is 42.3 Å². The van der Waals surface area contributed by atoms with Gasteiger partial charge in [0.15, 0.2) is 5.96 Å². The van der Waals surface area contributed by atoms with Crippen LogP contribution in [0.1, 0.15) is 11.3 Å². The number of nitrogens with zero attached hydrogens (tertiary/aromatic N) is 1. The fourth-order valence-corrected chi connectivity index (χ4v) is 1.56. The minimum absolute atomic E-state index is 0. The van der Waals surface area contributed by atoms with E-state index in [2.05, 4.69) is 4.99 Å². The van der Waals surface area contributed by atoms with Crippen LogP contribution in [0.4, 0.5) is 4.39 Å². The monoisotopic (exact) mass is 349 g/mol. The smallest absolute Gasteiger partial charge is 0.186 e. The van der Waals surface area contributed by atoms with E-state index in [1.54, 1.807) is 6.07 Å². The molecule has 0 bridgehead atoms. The van der Waals surface area contributed by atoms with Gasteiger partial charge in [0.25, 0.3) is 0 Å². The SMILES string of the molecule is Cc1c(CN=C(N)N)oc2ccc(F)cc12.I. The van der Waals surface area contributed by atoms with Crippen molar-refractivity contribution in [3.8, 4) is 0 Å². The maximum Gasteiger partial charge on any atom is 0.186 e. The van der Waals surface area contributed by atoms with Crippen molar-refractivity contribution in [3.63, 3.8) is 0 Å². The highest BCUT2D eigenvalue weighted by Gasteiger charge is 2.10. The maximum atomic E-state index is 13.0. The highest BCUT2D eigenvalue weighted by Crippen LogP contribution is 2.26. The number of rotatable bonds is 2. The largest absolute Gasteiger partial charge is 0.459 e. The Hall–Kier alpha value is -1.31. The van der Waals surface area contributed by atoms with Gasteiger partial charge >= 0.3 is 0 Å². The summed E-state index contributed by atoms with van der Waals surface area (Å²) in [6.07, 6.45) is 0. The van der Waals surface area contributed by atoms with Crippen LogP contribution in [0.15, 0.2) is 27.6 Å². The second kappa shape index (κ2) is 5.35. The quantitative estimate of drug-likeness (QED) is 0.496. The predicted molar refractivity (Wildman–Crippen MR) is 75.8 cm³/mol. The van der Waals surface area contributed by atoms with Gasteiger partial charge < -0.3 is 15.9 Å². The molecular weight excluding hydrogens is 336 g/mol. The molecule has 0 saturated carbocycles. The maximum absolute atomic E-state index is 13.0. The van der Waals surface area contributed by atoms with Crippen LogP contribution in [-0.2, 0) is 6.54 Å².